The number of fused-ring (bicyclic) bond motifs is 1. The Morgan fingerprint density at radius 2 is 1.81 bits per heavy atom. The average Bonchev–Trinajstić information content (AvgIpc) is 2.62. The third-order valence-corrected chi connectivity index (χ3v) is 4.27. The van der Waals surface area contributed by atoms with Crippen LogP contribution in [0.3, 0.4) is 0 Å². The van der Waals surface area contributed by atoms with Gasteiger partial charge in [-0.1, -0.05) is 29.3 Å². The molecule has 7 N–H and O–H groups in total. The van der Waals surface area contributed by atoms with Crippen LogP contribution in [0.2, 0.25) is 0 Å². The predicted octanol–water partition coefficient (Wildman–Crippen LogP) is 2.30. The van der Waals surface area contributed by atoms with Crippen LogP contribution in [0.4, 0.5) is 5.69 Å². The van der Waals surface area contributed by atoms with Gasteiger partial charge in [-0.15, -0.1) is 0 Å². The fraction of sp³-hybridized carbons (Fsp3) is 0.158. The lowest BCUT2D eigenvalue weighted by Gasteiger charge is -2.23. The summed E-state index contributed by atoms with van der Waals surface area (Å²) < 4.78 is 0. The molecule has 0 aliphatic rings. The van der Waals surface area contributed by atoms with Crippen molar-refractivity contribution in [1.29, 1.82) is 0 Å². The highest BCUT2D eigenvalue weighted by Crippen LogP contribution is 2.30. The van der Waals surface area contributed by atoms with E-state index in [4.69, 9.17) is 18.0 Å². The van der Waals surface area contributed by atoms with E-state index in [9.17, 15) is 9.90 Å². The molecular weight excluding hydrogens is 362 g/mol. The van der Waals surface area contributed by atoms with Gasteiger partial charge in [-0.05, 0) is 50.3 Å². The standard InChI is InChI=1S/C19H21N5O2S/c1-10-3-6-12(7-4-10)21-17(23-24-19(20)27)15-16(25)13-9-11(2)5-8-14(13)22-18(15)26/h3-9,17,21,23H,1-2H3,(H3,20,24,27)(H2,22,25,26)/t17-/m1/s1. The normalized spacial score (nSPS) is 11.9. The van der Waals surface area contributed by atoms with E-state index in [0.29, 0.717) is 10.9 Å². The summed E-state index contributed by atoms with van der Waals surface area (Å²) in [6.07, 6.45) is -0.789. The van der Waals surface area contributed by atoms with E-state index in [1.54, 1.807) is 6.07 Å². The second kappa shape index (κ2) is 7.65. The molecule has 1 atom stereocenters. The van der Waals surface area contributed by atoms with Crippen LogP contribution < -0.4 is 27.5 Å². The van der Waals surface area contributed by atoms with Gasteiger partial charge in [-0.3, -0.25) is 10.2 Å². The van der Waals surface area contributed by atoms with Gasteiger partial charge < -0.3 is 21.1 Å². The van der Waals surface area contributed by atoms with Gasteiger partial charge in [-0.2, -0.15) is 0 Å². The van der Waals surface area contributed by atoms with Gasteiger partial charge >= 0.3 is 0 Å². The zero-order valence-corrected chi connectivity index (χ0v) is 15.8. The number of aryl methyl sites for hydroxylation is 2. The SMILES string of the molecule is Cc1ccc(N[C@H](NNC(N)=S)c2c(O)c3cc(C)ccc3[nH]c2=O)cc1. The van der Waals surface area contributed by atoms with Crippen molar-refractivity contribution in [1.82, 2.24) is 15.8 Å². The first-order chi connectivity index (χ1) is 12.8. The molecule has 0 bridgehead atoms. The molecule has 0 saturated heterocycles. The molecular formula is C19H21N5O2S. The molecule has 27 heavy (non-hydrogen) atoms. The molecule has 140 valence electrons. The Bertz CT molecular complexity index is 1050. The molecule has 0 radical (unpaired) electrons. The molecule has 0 unspecified atom stereocenters. The number of rotatable bonds is 5. The maximum Gasteiger partial charge on any atom is 0.258 e. The average molecular weight is 383 g/mol. The molecule has 0 aliphatic carbocycles. The number of aromatic nitrogens is 1. The molecule has 1 aromatic heterocycles. The summed E-state index contributed by atoms with van der Waals surface area (Å²) in [5, 5.41) is 14.6. The lowest BCUT2D eigenvalue weighted by Crippen LogP contribution is -2.46. The summed E-state index contributed by atoms with van der Waals surface area (Å²) in [6.45, 7) is 3.90. The van der Waals surface area contributed by atoms with E-state index in [2.05, 4.69) is 21.2 Å². The van der Waals surface area contributed by atoms with Gasteiger partial charge in [0.05, 0.1) is 11.1 Å². The minimum absolute atomic E-state index is 0.0123. The van der Waals surface area contributed by atoms with Gasteiger partial charge in [0.25, 0.3) is 5.56 Å². The van der Waals surface area contributed by atoms with Crippen molar-refractivity contribution in [2.45, 2.75) is 20.0 Å². The van der Waals surface area contributed by atoms with Crippen LogP contribution in [0.5, 0.6) is 5.75 Å². The second-order valence-corrected chi connectivity index (χ2v) is 6.78. The van der Waals surface area contributed by atoms with Crippen molar-refractivity contribution >= 4 is 33.9 Å². The van der Waals surface area contributed by atoms with E-state index in [1.807, 2.05) is 50.2 Å². The zero-order chi connectivity index (χ0) is 19.6. The Morgan fingerprint density at radius 1 is 1.15 bits per heavy atom. The van der Waals surface area contributed by atoms with Gasteiger partial charge in [0.2, 0.25) is 0 Å². The molecule has 0 fully saturated rings. The van der Waals surface area contributed by atoms with Crippen molar-refractivity contribution in [3.05, 3.63) is 69.5 Å². The molecule has 7 nitrogen and oxygen atoms in total. The van der Waals surface area contributed by atoms with Gasteiger partial charge in [-0.25, -0.2) is 5.43 Å². The van der Waals surface area contributed by atoms with Gasteiger partial charge in [0.15, 0.2) is 5.11 Å². The topological polar surface area (TPSA) is 115 Å². The highest BCUT2D eigenvalue weighted by atomic mass is 32.1. The van der Waals surface area contributed by atoms with E-state index in [-0.39, 0.29) is 16.4 Å². The minimum Gasteiger partial charge on any atom is -0.507 e. The summed E-state index contributed by atoms with van der Waals surface area (Å²) in [5.41, 5.74) is 14.1. The van der Waals surface area contributed by atoms with Crippen LogP contribution in [0.1, 0.15) is 22.9 Å². The van der Waals surface area contributed by atoms with Crippen molar-refractivity contribution in [3.8, 4) is 5.75 Å². The second-order valence-electron chi connectivity index (χ2n) is 6.34. The number of pyridine rings is 1. The predicted molar refractivity (Wildman–Crippen MR) is 112 cm³/mol. The molecule has 8 heteroatoms. The number of benzene rings is 2. The quantitative estimate of drug-likeness (QED) is 0.228. The van der Waals surface area contributed by atoms with Gasteiger partial charge in [0, 0.05) is 11.1 Å². The van der Waals surface area contributed by atoms with E-state index in [1.165, 1.54) is 0 Å². The van der Waals surface area contributed by atoms with Crippen molar-refractivity contribution in [2.75, 3.05) is 5.32 Å². The van der Waals surface area contributed by atoms with Crippen molar-refractivity contribution < 1.29 is 5.11 Å². The van der Waals surface area contributed by atoms with Gasteiger partial charge in [0.1, 0.15) is 11.9 Å². The van der Waals surface area contributed by atoms with E-state index >= 15 is 0 Å². The monoisotopic (exact) mass is 383 g/mol. The van der Waals surface area contributed by atoms with Crippen LogP contribution in [-0.4, -0.2) is 15.2 Å². The Hall–Kier alpha value is -3.10. The fourth-order valence-corrected chi connectivity index (χ4v) is 2.87. The third-order valence-electron chi connectivity index (χ3n) is 4.17. The van der Waals surface area contributed by atoms with Crippen LogP contribution in [0, 0.1) is 13.8 Å². The Morgan fingerprint density at radius 3 is 2.48 bits per heavy atom. The Balaban J connectivity index is 2.08. The van der Waals surface area contributed by atoms with E-state index < -0.39 is 11.7 Å². The minimum atomic E-state index is -0.789. The number of nitrogens with two attached hydrogens (primary N) is 1. The number of aromatic amines is 1. The zero-order valence-electron chi connectivity index (χ0n) is 15.0. The van der Waals surface area contributed by atoms with Crippen LogP contribution in [0.15, 0.2) is 47.3 Å². The Labute approximate surface area is 161 Å². The number of H-pyrrole nitrogens is 1. The van der Waals surface area contributed by atoms with Crippen LogP contribution in [-0.2, 0) is 0 Å². The number of nitrogens with one attached hydrogen (secondary N) is 4. The molecule has 0 saturated carbocycles. The molecule has 0 amide bonds. The molecule has 3 aromatic rings. The highest BCUT2D eigenvalue weighted by molar-refractivity contribution is 7.80. The van der Waals surface area contributed by atoms with Crippen LogP contribution >= 0.6 is 12.2 Å². The van der Waals surface area contributed by atoms with Crippen molar-refractivity contribution in [2.24, 2.45) is 5.73 Å². The first-order valence-electron chi connectivity index (χ1n) is 8.35. The summed E-state index contributed by atoms with van der Waals surface area (Å²) >= 11 is 4.83. The summed E-state index contributed by atoms with van der Waals surface area (Å²) in [5.74, 6) is -0.112. The number of hydrogen-bond donors (Lipinski definition) is 6. The first-order valence-corrected chi connectivity index (χ1v) is 8.75. The fourth-order valence-electron chi connectivity index (χ4n) is 2.81. The number of hydrogen-bond acceptors (Lipinski definition) is 5. The first kappa shape index (κ1) is 18.7. The largest absolute Gasteiger partial charge is 0.507 e. The smallest absolute Gasteiger partial charge is 0.258 e. The Kier molecular flexibility index (Phi) is 5.29. The van der Waals surface area contributed by atoms with Crippen LogP contribution in [0.25, 0.3) is 10.9 Å². The number of thiocarbonyl (C=S) groups is 1. The third kappa shape index (κ3) is 4.18. The maximum absolute atomic E-state index is 12.7. The molecule has 1 heterocycles. The highest BCUT2D eigenvalue weighted by Gasteiger charge is 2.22. The van der Waals surface area contributed by atoms with E-state index in [0.717, 1.165) is 16.8 Å². The number of aromatic hydroxyl groups is 1. The lowest BCUT2D eigenvalue weighted by atomic mass is 10.1. The molecule has 0 aliphatic heterocycles. The number of hydrazine groups is 1. The summed E-state index contributed by atoms with van der Waals surface area (Å²) in [7, 11) is 0. The number of anilines is 1. The summed E-state index contributed by atoms with van der Waals surface area (Å²) in [4.78, 5) is 15.5. The lowest BCUT2D eigenvalue weighted by molar-refractivity contribution is 0.453. The molecule has 3 rings (SSSR count). The summed E-state index contributed by atoms with van der Waals surface area (Å²) in [6, 6.07) is 13.1. The van der Waals surface area contributed by atoms with Crippen molar-refractivity contribution in [3.63, 3.8) is 0 Å². The maximum atomic E-state index is 12.7. The molecule has 0 spiro atoms. The molecule has 2 aromatic carbocycles.